The molecule has 0 radical (unpaired) electrons. The highest BCUT2D eigenvalue weighted by atomic mass is 35.5. The Morgan fingerprint density at radius 2 is 1.07 bits per heavy atom. The van der Waals surface area contributed by atoms with Crippen molar-refractivity contribution in [3.05, 3.63) is 30.1 Å². The molecule has 1 unspecified atom stereocenters. The van der Waals surface area contributed by atoms with E-state index in [0.717, 1.165) is 12.5 Å². The van der Waals surface area contributed by atoms with Gasteiger partial charge >= 0.3 is 0 Å². The van der Waals surface area contributed by atoms with E-state index in [4.69, 9.17) is 0 Å². The van der Waals surface area contributed by atoms with Gasteiger partial charge in [-0.2, -0.15) is 0 Å². The van der Waals surface area contributed by atoms with E-state index in [-0.39, 0.29) is 12.4 Å². The Kier molecular flexibility index (Phi) is 18.4. The lowest BCUT2D eigenvalue weighted by molar-refractivity contribution is -0.697. The summed E-state index contributed by atoms with van der Waals surface area (Å²) in [5.74, 6) is 0.781. The van der Waals surface area contributed by atoms with Gasteiger partial charge < -0.3 is 12.4 Å². The molecule has 0 fully saturated rings. The van der Waals surface area contributed by atoms with Gasteiger partial charge in [-0.15, -0.1) is 0 Å². The van der Waals surface area contributed by atoms with Crippen LogP contribution in [0.3, 0.4) is 0 Å². The zero-order valence-corrected chi connectivity index (χ0v) is 19.3. The van der Waals surface area contributed by atoms with Crippen LogP contribution < -0.4 is 17.0 Å². The van der Waals surface area contributed by atoms with Gasteiger partial charge in [0.15, 0.2) is 12.4 Å². The van der Waals surface area contributed by atoms with Crippen molar-refractivity contribution in [1.29, 1.82) is 0 Å². The van der Waals surface area contributed by atoms with Gasteiger partial charge in [0.25, 0.3) is 0 Å². The van der Waals surface area contributed by atoms with E-state index >= 15 is 0 Å². The second kappa shape index (κ2) is 18.8. The van der Waals surface area contributed by atoms with E-state index < -0.39 is 0 Å². The Balaban J connectivity index is 0.00000676. The van der Waals surface area contributed by atoms with E-state index in [1.165, 1.54) is 96.3 Å². The average Bonchev–Trinajstić information content (AvgIpc) is 2.67. The molecule has 27 heavy (non-hydrogen) atoms. The van der Waals surface area contributed by atoms with Crippen LogP contribution in [0.1, 0.15) is 129 Å². The predicted octanol–water partition coefficient (Wildman–Crippen LogP) is 4.97. The Morgan fingerprint density at radius 3 is 1.59 bits per heavy atom. The molecule has 0 aliphatic carbocycles. The van der Waals surface area contributed by atoms with E-state index in [1.54, 1.807) is 5.56 Å². The molecule has 1 aromatic rings. The molecular formula is C25H46ClN. The highest BCUT2D eigenvalue weighted by Crippen LogP contribution is 2.28. The second-order valence-electron chi connectivity index (χ2n) is 8.18. The highest BCUT2D eigenvalue weighted by molar-refractivity contribution is 5.13. The lowest BCUT2D eigenvalue weighted by atomic mass is 9.88. The summed E-state index contributed by atoms with van der Waals surface area (Å²) in [6.07, 6.45) is 25.4. The van der Waals surface area contributed by atoms with E-state index in [2.05, 4.69) is 49.9 Å². The quantitative estimate of drug-likeness (QED) is 0.259. The lowest BCUT2D eigenvalue weighted by Crippen LogP contribution is -3.00. The summed E-state index contributed by atoms with van der Waals surface area (Å²) in [7, 11) is 0. The predicted molar refractivity (Wildman–Crippen MR) is 116 cm³/mol. The standard InChI is InChI=1S/C25H46N.ClH/c1-4-7-10-12-13-14-16-18-24(17-15-11-8-5-2)25-19-22-26(23-20-25)21-9-6-3;/h19-20,22-24H,4-18,21H2,1-3H3;1H/q+1;/p-1. The van der Waals surface area contributed by atoms with Gasteiger partial charge in [0.05, 0.1) is 0 Å². The van der Waals surface area contributed by atoms with E-state index in [0.29, 0.717) is 0 Å². The molecule has 2 heteroatoms. The molecule has 158 valence electrons. The minimum absolute atomic E-state index is 0. The molecule has 0 amide bonds. The Labute approximate surface area is 176 Å². The Morgan fingerprint density at radius 1 is 0.630 bits per heavy atom. The summed E-state index contributed by atoms with van der Waals surface area (Å²) >= 11 is 0. The van der Waals surface area contributed by atoms with Crippen LogP contribution in [-0.2, 0) is 6.54 Å². The fourth-order valence-corrected chi connectivity index (χ4v) is 3.87. The van der Waals surface area contributed by atoms with Gasteiger partial charge in [-0.05, 0) is 24.3 Å². The van der Waals surface area contributed by atoms with Crippen molar-refractivity contribution in [2.45, 2.75) is 130 Å². The largest absolute Gasteiger partial charge is 1.00 e. The van der Waals surface area contributed by atoms with Gasteiger partial charge in [-0.25, -0.2) is 4.57 Å². The summed E-state index contributed by atoms with van der Waals surface area (Å²) in [6.45, 7) is 8.04. The SMILES string of the molecule is CCCCCCCCCC(CCCCCC)c1cc[n+](CCCC)cc1.[Cl-]. The fraction of sp³-hybridized carbons (Fsp3) is 0.800. The van der Waals surface area contributed by atoms with Crippen molar-refractivity contribution in [1.82, 2.24) is 0 Å². The minimum atomic E-state index is 0. The van der Waals surface area contributed by atoms with Crippen LogP contribution in [0.15, 0.2) is 24.5 Å². The Bertz CT molecular complexity index is 415. The summed E-state index contributed by atoms with van der Waals surface area (Å²) in [5.41, 5.74) is 1.58. The summed E-state index contributed by atoms with van der Waals surface area (Å²) in [6, 6.07) is 4.81. The van der Waals surface area contributed by atoms with Crippen LogP contribution in [0.2, 0.25) is 0 Å². The van der Waals surface area contributed by atoms with E-state index in [1.807, 2.05) is 0 Å². The molecule has 1 rings (SSSR count). The molecule has 1 nitrogen and oxygen atoms in total. The number of unbranched alkanes of at least 4 members (excludes halogenated alkanes) is 10. The summed E-state index contributed by atoms with van der Waals surface area (Å²) in [4.78, 5) is 0. The maximum atomic E-state index is 2.40. The van der Waals surface area contributed by atoms with Crippen molar-refractivity contribution in [3.63, 3.8) is 0 Å². The van der Waals surface area contributed by atoms with Crippen LogP contribution in [0.4, 0.5) is 0 Å². The molecular weight excluding hydrogens is 350 g/mol. The molecule has 0 bridgehead atoms. The maximum absolute atomic E-state index is 2.40. The lowest BCUT2D eigenvalue weighted by Gasteiger charge is -2.17. The summed E-state index contributed by atoms with van der Waals surface area (Å²) in [5, 5.41) is 0. The molecule has 0 aromatic carbocycles. The fourth-order valence-electron chi connectivity index (χ4n) is 3.87. The van der Waals surface area contributed by atoms with Crippen molar-refractivity contribution in [2.24, 2.45) is 0 Å². The van der Waals surface area contributed by atoms with Crippen LogP contribution in [0.25, 0.3) is 0 Å². The first-order chi connectivity index (χ1) is 12.8. The Hall–Kier alpha value is -0.560. The van der Waals surface area contributed by atoms with Crippen LogP contribution in [0.5, 0.6) is 0 Å². The third kappa shape index (κ3) is 13.3. The number of halogens is 1. The van der Waals surface area contributed by atoms with Gasteiger partial charge in [0, 0.05) is 18.6 Å². The molecule has 0 saturated heterocycles. The first-order valence-corrected chi connectivity index (χ1v) is 11.8. The van der Waals surface area contributed by atoms with Crippen LogP contribution in [0, 0.1) is 0 Å². The number of aryl methyl sites for hydroxylation is 1. The van der Waals surface area contributed by atoms with Gasteiger partial charge in [0.2, 0.25) is 0 Å². The van der Waals surface area contributed by atoms with Crippen molar-refractivity contribution in [2.75, 3.05) is 0 Å². The smallest absolute Gasteiger partial charge is 0.169 e. The molecule has 0 aliphatic heterocycles. The number of hydrogen-bond donors (Lipinski definition) is 0. The molecule has 1 heterocycles. The molecule has 1 aromatic heterocycles. The minimum Gasteiger partial charge on any atom is -1.00 e. The van der Waals surface area contributed by atoms with E-state index in [9.17, 15) is 0 Å². The first kappa shape index (κ1) is 26.4. The molecule has 1 atom stereocenters. The third-order valence-corrected chi connectivity index (χ3v) is 5.72. The molecule has 0 aliphatic rings. The van der Waals surface area contributed by atoms with Crippen LogP contribution in [-0.4, -0.2) is 0 Å². The van der Waals surface area contributed by atoms with Gasteiger partial charge in [-0.3, -0.25) is 0 Å². The monoisotopic (exact) mass is 395 g/mol. The average molecular weight is 396 g/mol. The second-order valence-corrected chi connectivity index (χ2v) is 8.18. The first-order valence-electron chi connectivity index (χ1n) is 11.8. The molecule has 0 spiro atoms. The number of nitrogens with zero attached hydrogens (tertiary/aromatic N) is 1. The maximum Gasteiger partial charge on any atom is 0.169 e. The number of hydrogen-bond acceptors (Lipinski definition) is 0. The third-order valence-electron chi connectivity index (χ3n) is 5.72. The van der Waals surface area contributed by atoms with Crippen molar-refractivity contribution >= 4 is 0 Å². The highest BCUT2D eigenvalue weighted by Gasteiger charge is 2.13. The molecule has 0 N–H and O–H groups in total. The number of rotatable bonds is 17. The van der Waals surface area contributed by atoms with Gasteiger partial charge in [0.1, 0.15) is 6.54 Å². The zero-order valence-electron chi connectivity index (χ0n) is 18.5. The number of pyridine rings is 1. The normalized spacial score (nSPS) is 12.0. The van der Waals surface area contributed by atoms with Crippen molar-refractivity contribution < 1.29 is 17.0 Å². The zero-order chi connectivity index (χ0) is 18.9. The molecule has 0 saturated carbocycles. The van der Waals surface area contributed by atoms with Crippen LogP contribution >= 0.6 is 0 Å². The summed E-state index contributed by atoms with van der Waals surface area (Å²) < 4.78 is 2.36. The number of aromatic nitrogens is 1. The topological polar surface area (TPSA) is 3.88 Å². The van der Waals surface area contributed by atoms with Crippen molar-refractivity contribution in [3.8, 4) is 0 Å². The van der Waals surface area contributed by atoms with Gasteiger partial charge in [-0.1, -0.05) is 97.8 Å².